The molecule has 2 bridgehead atoms. The standard InChI is InChI=1S/C37H49ClN2O5S/c1-24-7-4-9-31(36-43-17-6-18-44-36)30-13-10-28(30)21-40-22-37(16-5-8-26-19-29(38)12-14-32(26)37)23-45-34-15-11-27(20-33(34)40)35(41)39-46(3,42)25(24)2/h11-12,14-15,19-20,24-25,28,30-31,36H,3-10,13,16-18,21-23H2,1-2H3,(H,39,41,42)/t24-,25+,28-,30+,31-,37-,46?/m0/s1. The molecule has 2 aromatic carbocycles. The number of carbonyl (C=O) groups is 1. The van der Waals surface area contributed by atoms with Gasteiger partial charge in [-0.2, -0.15) is 0 Å². The summed E-state index contributed by atoms with van der Waals surface area (Å²) in [6.07, 6.45) is 9.15. The molecule has 5 aliphatic rings. The molecule has 2 fully saturated rings. The van der Waals surface area contributed by atoms with Gasteiger partial charge >= 0.3 is 0 Å². The summed E-state index contributed by atoms with van der Waals surface area (Å²) in [5.74, 6) is 5.92. The van der Waals surface area contributed by atoms with Gasteiger partial charge < -0.3 is 19.1 Å². The Morgan fingerprint density at radius 1 is 1.00 bits per heavy atom. The average Bonchev–Trinajstić information content (AvgIpc) is 3.18. The zero-order valence-corrected chi connectivity index (χ0v) is 28.9. The van der Waals surface area contributed by atoms with Crippen LogP contribution in [0.3, 0.4) is 0 Å². The van der Waals surface area contributed by atoms with Gasteiger partial charge in [-0.25, -0.2) is 4.21 Å². The fourth-order valence-electron chi connectivity index (χ4n) is 8.82. The highest BCUT2D eigenvalue weighted by atomic mass is 35.5. The molecule has 46 heavy (non-hydrogen) atoms. The lowest BCUT2D eigenvalue weighted by atomic mass is 9.64. The van der Waals surface area contributed by atoms with Crippen molar-refractivity contribution in [2.45, 2.75) is 88.6 Å². The number of hydrogen-bond donors (Lipinski definition) is 1. The van der Waals surface area contributed by atoms with Crippen molar-refractivity contribution in [2.75, 3.05) is 37.8 Å². The van der Waals surface area contributed by atoms with Gasteiger partial charge in [0.15, 0.2) is 6.29 Å². The summed E-state index contributed by atoms with van der Waals surface area (Å²) in [7, 11) is -2.88. The topological polar surface area (TPSA) is 77.1 Å². The molecule has 1 spiro atoms. The number of nitrogens with zero attached hydrogens (tertiary/aromatic N) is 1. The fourth-order valence-corrected chi connectivity index (χ4v) is 10.5. The molecule has 1 amide bonds. The Morgan fingerprint density at radius 3 is 2.61 bits per heavy atom. The molecule has 3 aliphatic heterocycles. The Labute approximate surface area is 279 Å². The van der Waals surface area contributed by atoms with Gasteiger partial charge in [-0.05, 0) is 123 Å². The van der Waals surface area contributed by atoms with Gasteiger partial charge in [0.05, 0.1) is 35.2 Å². The number of nitrogens with one attached hydrogen (secondary N) is 1. The van der Waals surface area contributed by atoms with Crippen LogP contribution in [0.4, 0.5) is 5.69 Å². The highest BCUT2D eigenvalue weighted by Gasteiger charge is 2.46. The molecular weight excluding hydrogens is 620 g/mol. The van der Waals surface area contributed by atoms with Crippen molar-refractivity contribution in [3.63, 3.8) is 0 Å². The maximum Gasteiger partial charge on any atom is 0.262 e. The van der Waals surface area contributed by atoms with Crippen LogP contribution in [-0.4, -0.2) is 60.4 Å². The van der Waals surface area contributed by atoms with Gasteiger partial charge in [-0.1, -0.05) is 31.0 Å². The van der Waals surface area contributed by atoms with Crippen LogP contribution in [0.15, 0.2) is 36.4 Å². The van der Waals surface area contributed by atoms with E-state index in [9.17, 15) is 9.00 Å². The van der Waals surface area contributed by atoms with Crippen molar-refractivity contribution < 1.29 is 23.2 Å². The van der Waals surface area contributed by atoms with E-state index in [1.807, 2.05) is 25.1 Å². The van der Waals surface area contributed by atoms with Gasteiger partial charge in [0.2, 0.25) is 0 Å². The van der Waals surface area contributed by atoms with Crippen LogP contribution in [0, 0.1) is 23.7 Å². The minimum absolute atomic E-state index is 0.143. The van der Waals surface area contributed by atoms with Gasteiger partial charge in [0.25, 0.3) is 5.91 Å². The summed E-state index contributed by atoms with van der Waals surface area (Å²) in [5.41, 5.74) is 3.86. The summed E-state index contributed by atoms with van der Waals surface area (Å²) in [6.45, 7) is 7.83. The lowest BCUT2D eigenvalue weighted by molar-refractivity contribution is -0.224. The largest absolute Gasteiger partial charge is 0.490 e. The van der Waals surface area contributed by atoms with E-state index in [1.54, 1.807) is 6.07 Å². The van der Waals surface area contributed by atoms with Crippen molar-refractivity contribution in [1.29, 1.82) is 0 Å². The second-order valence-electron chi connectivity index (χ2n) is 14.7. The Kier molecular flexibility index (Phi) is 9.11. The first-order valence-corrected chi connectivity index (χ1v) is 19.5. The SMILES string of the molecule is C=S1(=O)NC(=O)c2ccc3c(c2)N(C[C@@H]2CC[C@H]2[C@@H](C2OCCCO2)CCC[C@H](C)[C@H]1C)C[C@@]1(CCCc2cc(Cl)ccc21)CO3. The molecule has 2 aromatic rings. The van der Waals surface area contributed by atoms with E-state index in [0.29, 0.717) is 29.9 Å². The third-order valence-electron chi connectivity index (χ3n) is 11.8. The number of halogens is 1. The monoisotopic (exact) mass is 668 g/mol. The Hall–Kier alpha value is -2.26. The van der Waals surface area contributed by atoms with E-state index < -0.39 is 9.71 Å². The van der Waals surface area contributed by atoms with Crippen LogP contribution in [0.1, 0.15) is 86.7 Å². The van der Waals surface area contributed by atoms with Gasteiger partial charge in [-0.15, -0.1) is 0 Å². The molecular formula is C37H49ClN2O5S. The Morgan fingerprint density at radius 2 is 1.83 bits per heavy atom. The minimum atomic E-state index is -2.88. The quantitative estimate of drug-likeness (QED) is 0.338. The number of aryl methyl sites for hydroxylation is 1. The fraction of sp³-hybridized carbons (Fsp3) is 0.622. The molecule has 1 saturated carbocycles. The number of rotatable bonds is 1. The maximum absolute atomic E-state index is 13.9. The molecule has 7 atom stereocenters. The zero-order chi connectivity index (χ0) is 32.1. The van der Waals surface area contributed by atoms with Crippen molar-refractivity contribution in [3.05, 3.63) is 58.1 Å². The second-order valence-corrected chi connectivity index (χ2v) is 17.5. The summed E-state index contributed by atoms with van der Waals surface area (Å²) < 4.78 is 35.9. The molecule has 0 radical (unpaired) electrons. The average molecular weight is 669 g/mol. The van der Waals surface area contributed by atoms with Crippen LogP contribution < -0.4 is 14.4 Å². The van der Waals surface area contributed by atoms with E-state index in [0.717, 1.165) is 94.1 Å². The molecule has 1 saturated heterocycles. The predicted octanol–water partition coefficient (Wildman–Crippen LogP) is 6.79. The number of benzene rings is 2. The molecule has 9 heteroatoms. The molecule has 7 rings (SSSR count). The minimum Gasteiger partial charge on any atom is -0.490 e. The summed E-state index contributed by atoms with van der Waals surface area (Å²) >= 11 is 6.47. The first kappa shape index (κ1) is 32.3. The molecule has 1 unspecified atom stereocenters. The molecule has 7 nitrogen and oxygen atoms in total. The molecule has 3 heterocycles. The predicted molar refractivity (Wildman–Crippen MR) is 185 cm³/mol. The number of ether oxygens (including phenoxy) is 3. The summed E-state index contributed by atoms with van der Waals surface area (Å²) in [6, 6.07) is 12.0. The maximum atomic E-state index is 13.9. The first-order valence-electron chi connectivity index (χ1n) is 17.4. The van der Waals surface area contributed by atoms with Crippen LogP contribution >= 0.6 is 11.6 Å². The van der Waals surface area contributed by atoms with Crippen molar-refractivity contribution in [1.82, 2.24) is 4.72 Å². The van der Waals surface area contributed by atoms with Crippen molar-refractivity contribution >= 4 is 38.8 Å². The summed E-state index contributed by atoms with van der Waals surface area (Å²) in [5, 5.41) is 0.511. The zero-order valence-electron chi connectivity index (χ0n) is 27.3. The van der Waals surface area contributed by atoms with Crippen LogP contribution in [0.5, 0.6) is 5.75 Å². The highest BCUT2D eigenvalue weighted by Crippen LogP contribution is 2.49. The lowest BCUT2D eigenvalue weighted by Crippen LogP contribution is -2.50. The Bertz CT molecular complexity index is 1560. The summed E-state index contributed by atoms with van der Waals surface area (Å²) in [4.78, 5) is 16.2. The van der Waals surface area contributed by atoms with Gasteiger partial charge in [0.1, 0.15) is 5.75 Å². The number of hydrogen-bond acceptors (Lipinski definition) is 6. The van der Waals surface area contributed by atoms with Crippen LogP contribution in [0.25, 0.3) is 0 Å². The van der Waals surface area contributed by atoms with Crippen molar-refractivity contribution in [2.24, 2.45) is 23.7 Å². The van der Waals surface area contributed by atoms with Crippen LogP contribution in [-0.2, 0) is 31.0 Å². The van der Waals surface area contributed by atoms with Gasteiger partial charge in [0, 0.05) is 40.3 Å². The number of anilines is 1. The molecule has 1 N–H and O–H groups in total. The number of fused-ring (bicyclic) bond motifs is 4. The molecule has 250 valence electrons. The number of carbonyl (C=O) groups excluding carboxylic acids is 1. The van der Waals surface area contributed by atoms with Gasteiger partial charge in [-0.3, -0.25) is 9.52 Å². The second kappa shape index (κ2) is 13.0. The molecule has 0 aromatic heterocycles. The Balaban J connectivity index is 1.29. The van der Waals surface area contributed by atoms with Crippen LogP contribution in [0.2, 0.25) is 5.02 Å². The van der Waals surface area contributed by atoms with Crippen molar-refractivity contribution in [3.8, 4) is 5.75 Å². The van der Waals surface area contributed by atoms with E-state index in [1.165, 1.54) is 17.5 Å². The van der Waals surface area contributed by atoms with E-state index in [2.05, 4.69) is 34.5 Å². The molecule has 2 aliphatic carbocycles. The highest BCUT2D eigenvalue weighted by molar-refractivity contribution is 7.99. The normalized spacial score (nSPS) is 35.6. The lowest BCUT2D eigenvalue weighted by Gasteiger charge is -2.48. The van der Waals surface area contributed by atoms with E-state index >= 15 is 0 Å². The van der Waals surface area contributed by atoms with E-state index in [4.69, 9.17) is 25.8 Å². The third kappa shape index (κ3) is 6.20. The number of amides is 1. The first-order chi connectivity index (χ1) is 22.1. The van der Waals surface area contributed by atoms with E-state index in [-0.39, 0.29) is 28.8 Å². The third-order valence-corrected chi connectivity index (χ3v) is 14.3. The smallest absolute Gasteiger partial charge is 0.262 e.